The maximum atomic E-state index is 11.0. The molecule has 0 saturated heterocycles. The molecule has 15 heavy (non-hydrogen) atoms. The van der Waals surface area contributed by atoms with Gasteiger partial charge in [-0.05, 0) is 18.4 Å². The van der Waals surface area contributed by atoms with E-state index in [2.05, 4.69) is 4.74 Å². The van der Waals surface area contributed by atoms with Gasteiger partial charge >= 0.3 is 5.97 Å². The summed E-state index contributed by atoms with van der Waals surface area (Å²) in [6.07, 6.45) is 0.427. The van der Waals surface area contributed by atoms with Gasteiger partial charge in [-0.25, -0.2) is 4.79 Å². The number of hydrogen-bond donors (Lipinski definition) is 2. The van der Waals surface area contributed by atoms with Crippen LogP contribution >= 0.6 is 11.8 Å². The second kappa shape index (κ2) is 5.04. The van der Waals surface area contributed by atoms with Crippen molar-refractivity contribution >= 4 is 17.7 Å². The van der Waals surface area contributed by atoms with E-state index in [1.165, 1.54) is 31.0 Å². The third kappa shape index (κ3) is 2.64. The lowest BCUT2D eigenvalue weighted by Crippen LogP contribution is -2.13. The van der Waals surface area contributed by atoms with Crippen LogP contribution in [-0.2, 0) is 9.53 Å². The third-order valence-corrected chi connectivity index (χ3v) is 2.68. The van der Waals surface area contributed by atoms with E-state index < -0.39 is 12.1 Å². The van der Waals surface area contributed by atoms with Crippen molar-refractivity contribution in [3.05, 3.63) is 23.8 Å². The number of aliphatic hydroxyl groups is 1. The first-order chi connectivity index (χ1) is 7.10. The molecule has 1 rings (SSSR count). The van der Waals surface area contributed by atoms with Gasteiger partial charge in [-0.1, -0.05) is 6.07 Å². The lowest BCUT2D eigenvalue weighted by Gasteiger charge is -2.10. The predicted molar refractivity (Wildman–Crippen MR) is 56.9 cm³/mol. The summed E-state index contributed by atoms with van der Waals surface area (Å²) in [5.74, 6) is -0.901. The van der Waals surface area contributed by atoms with Gasteiger partial charge in [0.1, 0.15) is 5.75 Å². The van der Waals surface area contributed by atoms with Crippen molar-refractivity contribution < 1.29 is 19.7 Å². The monoisotopic (exact) mass is 228 g/mol. The molecular formula is C10H12O4S. The average molecular weight is 228 g/mol. The van der Waals surface area contributed by atoms with Gasteiger partial charge in [0.2, 0.25) is 0 Å². The fourth-order valence-electron chi connectivity index (χ4n) is 1.12. The van der Waals surface area contributed by atoms with Crippen LogP contribution in [0.25, 0.3) is 0 Å². The van der Waals surface area contributed by atoms with Gasteiger partial charge < -0.3 is 14.9 Å². The molecule has 0 radical (unpaired) electrons. The Kier molecular flexibility index (Phi) is 3.99. The van der Waals surface area contributed by atoms with Crippen molar-refractivity contribution in [1.29, 1.82) is 0 Å². The van der Waals surface area contributed by atoms with Gasteiger partial charge in [0.25, 0.3) is 0 Å². The topological polar surface area (TPSA) is 66.8 Å². The number of phenols is 1. The summed E-state index contributed by atoms with van der Waals surface area (Å²) in [4.78, 5) is 11.9. The van der Waals surface area contributed by atoms with Gasteiger partial charge in [-0.15, -0.1) is 11.8 Å². The van der Waals surface area contributed by atoms with Gasteiger partial charge in [0.15, 0.2) is 6.10 Å². The van der Waals surface area contributed by atoms with Crippen molar-refractivity contribution in [3.63, 3.8) is 0 Å². The molecule has 0 aliphatic carbocycles. The average Bonchev–Trinajstić information content (AvgIpc) is 2.26. The Morgan fingerprint density at radius 2 is 2.20 bits per heavy atom. The van der Waals surface area contributed by atoms with E-state index in [9.17, 15) is 15.0 Å². The van der Waals surface area contributed by atoms with Crippen LogP contribution < -0.4 is 0 Å². The lowest BCUT2D eigenvalue weighted by molar-refractivity contribution is -0.150. The zero-order valence-corrected chi connectivity index (χ0v) is 9.25. The predicted octanol–water partition coefficient (Wildman–Crippen LogP) is 1.32. The molecule has 4 nitrogen and oxygen atoms in total. The Morgan fingerprint density at radius 1 is 1.53 bits per heavy atom. The van der Waals surface area contributed by atoms with Crippen LogP contribution in [0.15, 0.2) is 23.1 Å². The highest BCUT2D eigenvalue weighted by molar-refractivity contribution is 7.98. The fraction of sp³-hybridized carbons (Fsp3) is 0.300. The number of thioether (sulfide) groups is 1. The Labute approximate surface area is 91.9 Å². The molecular weight excluding hydrogens is 216 g/mol. The molecule has 0 aliphatic heterocycles. The van der Waals surface area contributed by atoms with E-state index >= 15 is 0 Å². The Balaban J connectivity index is 3.00. The number of methoxy groups -OCH3 is 1. The Morgan fingerprint density at radius 3 is 2.67 bits per heavy atom. The summed E-state index contributed by atoms with van der Waals surface area (Å²) in [5.41, 5.74) is 0.152. The maximum Gasteiger partial charge on any atom is 0.339 e. The molecule has 0 fully saturated rings. The number of benzene rings is 1. The number of hydrogen-bond acceptors (Lipinski definition) is 5. The molecule has 1 aromatic rings. The summed E-state index contributed by atoms with van der Waals surface area (Å²) in [6.45, 7) is 0. The number of aromatic hydroxyl groups is 1. The number of carbonyl (C=O) groups excluding carboxylic acids is 1. The third-order valence-electron chi connectivity index (χ3n) is 1.96. The summed E-state index contributed by atoms with van der Waals surface area (Å²) < 4.78 is 4.37. The molecule has 0 bridgehead atoms. The minimum Gasteiger partial charge on any atom is -0.508 e. The molecule has 1 atom stereocenters. The zero-order valence-electron chi connectivity index (χ0n) is 8.43. The van der Waals surface area contributed by atoms with Crippen molar-refractivity contribution in [3.8, 4) is 5.75 Å². The number of esters is 1. The molecule has 0 aliphatic rings. The van der Waals surface area contributed by atoms with Crippen LogP contribution in [0, 0.1) is 0 Å². The Hall–Kier alpha value is -1.20. The summed E-state index contributed by atoms with van der Waals surface area (Å²) in [5, 5.41) is 19.0. The standard InChI is InChI=1S/C10H12O4S/c1-14-10(13)9(12)7-4-3-6(15-2)5-8(7)11/h3-5,9,11-12H,1-2H3. The maximum absolute atomic E-state index is 11.0. The van der Waals surface area contributed by atoms with E-state index in [0.717, 1.165) is 4.90 Å². The molecule has 82 valence electrons. The van der Waals surface area contributed by atoms with Crippen LogP contribution in [0.1, 0.15) is 11.7 Å². The summed E-state index contributed by atoms with van der Waals surface area (Å²) in [7, 11) is 1.18. The highest BCUT2D eigenvalue weighted by atomic mass is 32.2. The van der Waals surface area contributed by atoms with Crippen molar-refractivity contribution in [2.45, 2.75) is 11.0 Å². The van der Waals surface area contributed by atoms with Gasteiger partial charge in [0, 0.05) is 10.5 Å². The van der Waals surface area contributed by atoms with Gasteiger partial charge in [0.05, 0.1) is 7.11 Å². The minimum atomic E-state index is -1.44. The first-order valence-electron chi connectivity index (χ1n) is 4.23. The second-order valence-electron chi connectivity index (χ2n) is 2.85. The molecule has 0 aromatic heterocycles. The molecule has 0 saturated carbocycles. The lowest BCUT2D eigenvalue weighted by atomic mass is 10.1. The number of rotatable bonds is 3. The summed E-state index contributed by atoms with van der Waals surface area (Å²) >= 11 is 1.46. The van der Waals surface area contributed by atoms with E-state index in [1.807, 2.05) is 6.26 Å². The number of aliphatic hydroxyl groups excluding tert-OH is 1. The first-order valence-corrected chi connectivity index (χ1v) is 5.45. The van der Waals surface area contributed by atoms with Crippen LogP contribution in [0.3, 0.4) is 0 Å². The molecule has 0 heterocycles. The highest BCUT2D eigenvalue weighted by Crippen LogP contribution is 2.29. The molecule has 2 N–H and O–H groups in total. The minimum absolute atomic E-state index is 0.111. The SMILES string of the molecule is COC(=O)C(O)c1ccc(SC)cc1O. The fourth-order valence-corrected chi connectivity index (χ4v) is 1.55. The highest BCUT2D eigenvalue weighted by Gasteiger charge is 2.21. The van der Waals surface area contributed by atoms with E-state index in [-0.39, 0.29) is 11.3 Å². The van der Waals surface area contributed by atoms with Crippen LogP contribution in [0.4, 0.5) is 0 Å². The smallest absolute Gasteiger partial charge is 0.339 e. The molecule has 1 unspecified atom stereocenters. The van der Waals surface area contributed by atoms with Crippen molar-refractivity contribution in [2.24, 2.45) is 0 Å². The number of carbonyl (C=O) groups is 1. The van der Waals surface area contributed by atoms with Crippen LogP contribution in [0.5, 0.6) is 5.75 Å². The van der Waals surface area contributed by atoms with E-state index in [1.54, 1.807) is 6.07 Å². The quantitative estimate of drug-likeness (QED) is 0.603. The summed E-state index contributed by atoms with van der Waals surface area (Å²) in [6, 6.07) is 4.71. The molecule has 0 spiro atoms. The van der Waals surface area contributed by atoms with E-state index in [0.29, 0.717) is 0 Å². The van der Waals surface area contributed by atoms with Crippen LogP contribution in [0.2, 0.25) is 0 Å². The number of phenolic OH excluding ortho intramolecular Hbond substituents is 1. The zero-order chi connectivity index (χ0) is 11.4. The van der Waals surface area contributed by atoms with Crippen LogP contribution in [-0.4, -0.2) is 29.5 Å². The van der Waals surface area contributed by atoms with Gasteiger partial charge in [-0.3, -0.25) is 0 Å². The van der Waals surface area contributed by atoms with Crippen molar-refractivity contribution in [2.75, 3.05) is 13.4 Å². The van der Waals surface area contributed by atoms with Crippen molar-refractivity contribution in [1.82, 2.24) is 0 Å². The molecule has 0 amide bonds. The molecule has 5 heteroatoms. The number of ether oxygens (including phenoxy) is 1. The van der Waals surface area contributed by atoms with E-state index in [4.69, 9.17) is 0 Å². The first kappa shape index (κ1) is 11.9. The van der Waals surface area contributed by atoms with Gasteiger partial charge in [-0.2, -0.15) is 0 Å². The largest absolute Gasteiger partial charge is 0.508 e. The molecule has 1 aromatic carbocycles. The second-order valence-corrected chi connectivity index (χ2v) is 3.73. The Bertz CT molecular complexity index is 364. The normalized spacial score (nSPS) is 12.2.